The maximum absolute atomic E-state index is 13.6. The Morgan fingerprint density at radius 1 is 1.24 bits per heavy atom. The lowest BCUT2D eigenvalue weighted by Gasteiger charge is -2.25. The second-order valence-electron chi connectivity index (χ2n) is 7.21. The Bertz CT molecular complexity index is 1460. The molecular weight excluding hydrogens is 483 g/mol. The normalized spacial score (nSPS) is 15.8. The second kappa shape index (κ2) is 9.55. The van der Waals surface area contributed by atoms with Gasteiger partial charge in [-0.2, -0.15) is 0 Å². The topological polar surface area (TPSA) is 69.9 Å². The lowest BCUT2D eigenvalue weighted by Crippen LogP contribution is -2.40. The number of halogens is 2. The Balaban J connectivity index is 2.00. The van der Waals surface area contributed by atoms with Crippen LogP contribution in [0, 0.1) is 0 Å². The van der Waals surface area contributed by atoms with Crippen molar-refractivity contribution in [3.63, 3.8) is 0 Å². The molecule has 0 amide bonds. The van der Waals surface area contributed by atoms with E-state index >= 15 is 0 Å². The van der Waals surface area contributed by atoms with Gasteiger partial charge in [0.15, 0.2) is 4.80 Å². The number of hydrogen-bond acceptors (Lipinski definition) is 6. The first-order chi connectivity index (χ1) is 15.8. The summed E-state index contributed by atoms with van der Waals surface area (Å²) in [5.41, 5.74) is 1.73. The zero-order valence-electron chi connectivity index (χ0n) is 18.1. The van der Waals surface area contributed by atoms with Gasteiger partial charge in [0.25, 0.3) is 5.56 Å². The number of carbonyl (C=O) groups excluding carboxylic acids is 1. The first-order valence-corrected chi connectivity index (χ1v) is 11.7. The average Bonchev–Trinajstić information content (AvgIpc) is 3.08. The third kappa shape index (κ3) is 4.36. The van der Waals surface area contributed by atoms with Crippen LogP contribution in [0.5, 0.6) is 5.75 Å². The van der Waals surface area contributed by atoms with Gasteiger partial charge in [-0.15, -0.1) is 0 Å². The molecule has 1 atom stereocenters. The summed E-state index contributed by atoms with van der Waals surface area (Å²) in [6.07, 6.45) is 1.71. The summed E-state index contributed by atoms with van der Waals surface area (Å²) in [6, 6.07) is 11.5. The third-order valence-corrected chi connectivity index (χ3v) is 6.76. The third-order valence-electron chi connectivity index (χ3n) is 5.20. The van der Waals surface area contributed by atoms with E-state index < -0.39 is 12.0 Å². The van der Waals surface area contributed by atoms with Crippen molar-refractivity contribution in [1.82, 2.24) is 4.57 Å². The van der Waals surface area contributed by atoms with E-state index in [4.69, 9.17) is 32.7 Å². The minimum Gasteiger partial charge on any atom is -0.496 e. The van der Waals surface area contributed by atoms with Crippen LogP contribution in [0.2, 0.25) is 10.0 Å². The van der Waals surface area contributed by atoms with Crippen LogP contribution < -0.4 is 19.6 Å². The van der Waals surface area contributed by atoms with Crippen molar-refractivity contribution >= 4 is 46.6 Å². The summed E-state index contributed by atoms with van der Waals surface area (Å²) in [4.78, 5) is 31.6. The number of carbonyl (C=O) groups is 1. The summed E-state index contributed by atoms with van der Waals surface area (Å²) in [6.45, 7) is 3.66. The predicted octanol–water partition coefficient (Wildman–Crippen LogP) is 4.11. The molecule has 9 heteroatoms. The Labute approximate surface area is 204 Å². The van der Waals surface area contributed by atoms with Gasteiger partial charge in [0.1, 0.15) is 11.8 Å². The molecule has 0 aliphatic carbocycles. The van der Waals surface area contributed by atoms with Crippen LogP contribution in [-0.2, 0) is 9.53 Å². The van der Waals surface area contributed by atoms with E-state index in [-0.39, 0.29) is 17.7 Å². The molecule has 1 aliphatic rings. The number of fused-ring (bicyclic) bond motifs is 1. The van der Waals surface area contributed by atoms with Crippen molar-refractivity contribution in [2.45, 2.75) is 19.9 Å². The molecule has 170 valence electrons. The van der Waals surface area contributed by atoms with E-state index in [1.807, 2.05) is 6.07 Å². The fourth-order valence-electron chi connectivity index (χ4n) is 3.74. The van der Waals surface area contributed by atoms with Gasteiger partial charge in [-0.05, 0) is 49.8 Å². The standard InChI is InChI=1S/C24H20Cl2N2O4S/c1-4-32-23(30)20-13(2)27-24-28(21(20)16-7-5-6-8-17(16)26)22(29)19(33-24)12-14-11-15(25)9-10-18(14)31-3/h5-12,21H,4H2,1-3H3/b19-12-/t21-/m1/s1. The molecule has 1 aliphatic heterocycles. The molecule has 0 N–H and O–H groups in total. The van der Waals surface area contributed by atoms with Gasteiger partial charge in [-0.25, -0.2) is 9.79 Å². The van der Waals surface area contributed by atoms with Gasteiger partial charge in [0.2, 0.25) is 0 Å². The van der Waals surface area contributed by atoms with Gasteiger partial charge < -0.3 is 9.47 Å². The van der Waals surface area contributed by atoms with Gasteiger partial charge >= 0.3 is 5.97 Å². The van der Waals surface area contributed by atoms with Crippen molar-refractivity contribution < 1.29 is 14.3 Å². The van der Waals surface area contributed by atoms with Crippen LogP contribution in [-0.4, -0.2) is 24.3 Å². The lowest BCUT2D eigenvalue weighted by molar-refractivity contribution is -0.139. The monoisotopic (exact) mass is 502 g/mol. The highest BCUT2D eigenvalue weighted by atomic mass is 35.5. The summed E-state index contributed by atoms with van der Waals surface area (Å²) >= 11 is 13.9. The average molecular weight is 503 g/mol. The van der Waals surface area contributed by atoms with Gasteiger partial charge in [0.05, 0.1) is 29.5 Å². The predicted molar refractivity (Wildman–Crippen MR) is 130 cm³/mol. The van der Waals surface area contributed by atoms with Crippen LogP contribution in [0.1, 0.15) is 31.0 Å². The fourth-order valence-corrected chi connectivity index (χ4v) is 5.20. The van der Waals surface area contributed by atoms with Gasteiger partial charge in [-0.1, -0.05) is 52.7 Å². The molecule has 2 heterocycles. The first-order valence-electron chi connectivity index (χ1n) is 10.1. The molecule has 0 spiro atoms. The highest BCUT2D eigenvalue weighted by Gasteiger charge is 2.34. The maximum atomic E-state index is 13.6. The van der Waals surface area contributed by atoms with Crippen molar-refractivity contribution in [2.24, 2.45) is 4.99 Å². The quantitative estimate of drug-likeness (QED) is 0.492. The summed E-state index contributed by atoms with van der Waals surface area (Å²) < 4.78 is 12.6. The molecule has 6 nitrogen and oxygen atoms in total. The zero-order valence-corrected chi connectivity index (χ0v) is 20.4. The number of rotatable bonds is 5. The van der Waals surface area contributed by atoms with E-state index in [2.05, 4.69) is 4.99 Å². The molecular formula is C24H20Cl2N2O4S. The number of thiazole rings is 1. The minimum atomic E-state index is -0.766. The summed E-state index contributed by atoms with van der Waals surface area (Å²) in [5.74, 6) is 0.0470. The first kappa shape index (κ1) is 23.3. The smallest absolute Gasteiger partial charge is 0.338 e. The van der Waals surface area contributed by atoms with Gasteiger partial charge in [-0.3, -0.25) is 9.36 Å². The Morgan fingerprint density at radius 2 is 2.00 bits per heavy atom. The molecule has 3 aromatic rings. The molecule has 0 radical (unpaired) electrons. The number of hydrogen-bond donors (Lipinski definition) is 0. The van der Waals surface area contributed by atoms with Crippen LogP contribution in [0.25, 0.3) is 6.08 Å². The molecule has 33 heavy (non-hydrogen) atoms. The number of esters is 1. The van der Waals surface area contributed by atoms with Crippen LogP contribution in [0.3, 0.4) is 0 Å². The van der Waals surface area contributed by atoms with Crippen LogP contribution in [0.15, 0.2) is 63.5 Å². The van der Waals surface area contributed by atoms with E-state index in [1.165, 1.54) is 15.9 Å². The van der Waals surface area contributed by atoms with Crippen LogP contribution in [0.4, 0.5) is 0 Å². The fraction of sp³-hybridized carbons (Fsp3) is 0.208. The minimum absolute atomic E-state index is 0.198. The molecule has 0 saturated heterocycles. The Morgan fingerprint density at radius 3 is 2.70 bits per heavy atom. The molecule has 1 aromatic heterocycles. The molecule has 2 aromatic carbocycles. The van der Waals surface area contributed by atoms with E-state index in [1.54, 1.807) is 63.4 Å². The number of ether oxygens (including phenoxy) is 2. The molecule has 0 unspecified atom stereocenters. The SMILES string of the molecule is CCOC(=O)C1=C(C)N=c2s/c(=C\c3cc(Cl)ccc3OC)c(=O)n2[C@@H]1c1ccccc1Cl. The zero-order chi connectivity index (χ0) is 23.7. The van der Waals surface area contributed by atoms with Crippen molar-refractivity contribution in [3.8, 4) is 5.75 Å². The largest absolute Gasteiger partial charge is 0.496 e. The molecule has 0 saturated carbocycles. The number of methoxy groups -OCH3 is 1. The number of benzene rings is 2. The lowest BCUT2D eigenvalue weighted by atomic mass is 9.96. The highest BCUT2D eigenvalue weighted by molar-refractivity contribution is 7.07. The molecule has 4 rings (SSSR count). The van der Waals surface area contributed by atoms with Crippen molar-refractivity contribution in [2.75, 3.05) is 13.7 Å². The Kier molecular flexibility index (Phi) is 6.74. The highest BCUT2D eigenvalue weighted by Crippen LogP contribution is 2.34. The summed E-state index contributed by atoms with van der Waals surface area (Å²) in [5, 5.41) is 0.953. The van der Waals surface area contributed by atoms with Crippen molar-refractivity contribution in [1.29, 1.82) is 0 Å². The summed E-state index contributed by atoms with van der Waals surface area (Å²) in [7, 11) is 1.55. The molecule has 0 bridgehead atoms. The van der Waals surface area contributed by atoms with Crippen molar-refractivity contribution in [3.05, 3.63) is 94.6 Å². The number of aromatic nitrogens is 1. The number of allylic oxidation sites excluding steroid dienone is 1. The Hall–Kier alpha value is -2.87. The molecule has 0 fully saturated rings. The number of nitrogens with zero attached hydrogens (tertiary/aromatic N) is 2. The van der Waals surface area contributed by atoms with E-state index in [0.29, 0.717) is 42.0 Å². The van der Waals surface area contributed by atoms with E-state index in [0.717, 1.165) is 0 Å². The van der Waals surface area contributed by atoms with E-state index in [9.17, 15) is 9.59 Å². The second-order valence-corrected chi connectivity index (χ2v) is 9.06. The maximum Gasteiger partial charge on any atom is 0.338 e. The van der Waals surface area contributed by atoms with Gasteiger partial charge in [0, 0.05) is 15.6 Å². The van der Waals surface area contributed by atoms with Crippen LogP contribution >= 0.6 is 34.5 Å².